The van der Waals surface area contributed by atoms with Gasteiger partial charge in [-0.25, -0.2) is 0 Å². The first kappa shape index (κ1) is 37.3. The fourth-order valence-electron chi connectivity index (χ4n) is 9.49. The molecular weight excluding hydrogens is 775 g/mol. The second kappa shape index (κ2) is 15.8. The lowest BCUT2D eigenvalue weighted by Gasteiger charge is -2.26. The third-order valence-corrected chi connectivity index (χ3v) is 12.7. The lowest BCUT2D eigenvalue weighted by molar-refractivity contribution is 0.670. The number of rotatable bonds is 8. The van der Waals surface area contributed by atoms with E-state index in [1.54, 1.807) is 0 Å². The highest BCUT2D eigenvalue weighted by Gasteiger charge is 2.17. The molecule has 12 aromatic rings. The molecule has 0 aliphatic heterocycles. The van der Waals surface area contributed by atoms with Crippen LogP contribution in [-0.2, 0) is 0 Å². The lowest BCUT2D eigenvalue weighted by atomic mass is 9.92. The van der Waals surface area contributed by atoms with Crippen LogP contribution in [0.1, 0.15) is 0 Å². The minimum Gasteiger partial charge on any atom is -0.455 e. The molecule has 2 heteroatoms. The van der Waals surface area contributed by atoms with Gasteiger partial charge in [-0.15, -0.1) is 0 Å². The van der Waals surface area contributed by atoms with E-state index in [4.69, 9.17) is 4.42 Å². The second-order valence-corrected chi connectivity index (χ2v) is 16.5. The zero-order valence-electron chi connectivity index (χ0n) is 35.0. The molecule has 0 saturated carbocycles. The summed E-state index contributed by atoms with van der Waals surface area (Å²) in [7, 11) is 0. The number of furan rings is 1. The first-order valence-electron chi connectivity index (χ1n) is 21.9. The summed E-state index contributed by atoms with van der Waals surface area (Å²) >= 11 is 0. The average molecular weight is 816 g/mol. The molecule has 0 fully saturated rings. The molecule has 12 rings (SSSR count). The van der Waals surface area contributed by atoms with Gasteiger partial charge in [0.05, 0.1) is 0 Å². The molecule has 0 spiro atoms. The van der Waals surface area contributed by atoms with Crippen LogP contribution < -0.4 is 4.90 Å². The Labute approximate surface area is 372 Å². The Morgan fingerprint density at radius 2 is 0.750 bits per heavy atom. The molecule has 0 radical (unpaired) electrons. The Kier molecular flexibility index (Phi) is 9.20. The minimum absolute atomic E-state index is 0.903. The first-order chi connectivity index (χ1) is 31.7. The summed E-state index contributed by atoms with van der Waals surface area (Å²) in [5.41, 5.74) is 16.8. The van der Waals surface area contributed by atoms with Crippen LogP contribution in [0.2, 0.25) is 0 Å². The first-order valence-corrected chi connectivity index (χ1v) is 21.9. The van der Waals surface area contributed by atoms with Crippen molar-refractivity contribution in [3.05, 3.63) is 249 Å². The van der Waals surface area contributed by atoms with Crippen molar-refractivity contribution in [3.63, 3.8) is 0 Å². The van der Waals surface area contributed by atoms with Crippen molar-refractivity contribution in [2.75, 3.05) is 4.90 Å². The van der Waals surface area contributed by atoms with E-state index in [2.05, 4.69) is 241 Å². The summed E-state index contributed by atoms with van der Waals surface area (Å²) in [6, 6.07) is 89.6. The number of hydrogen-bond acceptors (Lipinski definition) is 2. The molecule has 0 amide bonds. The van der Waals surface area contributed by atoms with Crippen LogP contribution in [0, 0.1) is 0 Å². The van der Waals surface area contributed by atoms with Crippen LogP contribution in [0.25, 0.3) is 99.1 Å². The van der Waals surface area contributed by atoms with Crippen LogP contribution in [0.3, 0.4) is 0 Å². The Balaban J connectivity index is 0.915. The normalized spacial score (nSPS) is 11.4. The maximum atomic E-state index is 6.45. The molecule has 0 bridgehead atoms. The molecule has 11 aromatic carbocycles. The third kappa shape index (κ3) is 6.70. The maximum Gasteiger partial charge on any atom is 0.143 e. The highest BCUT2D eigenvalue weighted by Crippen LogP contribution is 2.42. The fourth-order valence-corrected chi connectivity index (χ4v) is 9.49. The third-order valence-electron chi connectivity index (χ3n) is 12.7. The van der Waals surface area contributed by atoms with Gasteiger partial charge in [-0.3, -0.25) is 0 Å². The van der Waals surface area contributed by atoms with Gasteiger partial charge in [0.15, 0.2) is 0 Å². The standard InChI is InChI=1S/C62H41NO/c1-2-14-48-40-50(31-28-42(48)12-1)57-20-6-5-19-55(57)45-29-26-43(27-30-45)49-16-9-17-53(41-49)63(51-36-32-46(33-37-51)56-22-10-15-44-13-3-4-18-54(44)56)52-38-34-47(35-39-52)58-23-11-24-60-59-21-7-8-25-61(59)64-62(58)60/h1-41H. The summed E-state index contributed by atoms with van der Waals surface area (Å²) in [5.74, 6) is 0. The van der Waals surface area contributed by atoms with E-state index in [0.29, 0.717) is 0 Å². The lowest BCUT2D eigenvalue weighted by Crippen LogP contribution is -2.10. The molecule has 0 aliphatic carbocycles. The Hall–Kier alpha value is -8.46. The fraction of sp³-hybridized carbons (Fsp3) is 0. The van der Waals surface area contributed by atoms with Crippen molar-refractivity contribution in [1.29, 1.82) is 0 Å². The van der Waals surface area contributed by atoms with Gasteiger partial charge in [-0.05, 0) is 120 Å². The summed E-state index contributed by atoms with van der Waals surface area (Å²) in [5, 5.41) is 7.25. The zero-order valence-corrected chi connectivity index (χ0v) is 35.0. The van der Waals surface area contributed by atoms with E-state index in [0.717, 1.165) is 61.3 Å². The van der Waals surface area contributed by atoms with Crippen molar-refractivity contribution in [2.45, 2.75) is 0 Å². The van der Waals surface area contributed by atoms with E-state index in [9.17, 15) is 0 Å². The van der Waals surface area contributed by atoms with E-state index in [1.807, 2.05) is 12.1 Å². The minimum atomic E-state index is 0.903. The summed E-state index contributed by atoms with van der Waals surface area (Å²) in [4.78, 5) is 2.36. The number of hydrogen-bond donors (Lipinski definition) is 0. The van der Waals surface area contributed by atoms with E-state index in [-0.39, 0.29) is 0 Å². The molecule has 0 N–H and O–H groups in total. The monoisotopic (exact) mass is 815 g/mol. The molecule has 1 aromatic heterocycles. The predicted molar refractivity (Wildman–Crippen MR) is 271 cm³/mol. The predicted octanol–water partition coefficient (Wildman–Crippen LogP) is 17.7. The smallest absolute Gasteiger partial charge is 0.143 e. The molecule has 2 nitrogen and oxygen atoms in total. The average Bonchev–Trinajstić information content (AvgIpc) is 3.76. The van der Waals surface area contributed by atoms with Gasteiger partial charge in [0.25, 0.3) is 0 Å². The highest BCUT2D eigenvalue weighted by molar-refractivity contribution is 6.09. The number of nitrogens with zero attached hydrogens (tertiary/aromatic N) is 1. The largest absolute Gasteiger partial charge is 0.455 e. The second-order valence-electron chi connectivity index (χ2n) is 16.5. The highest BCUT2D eigenvalue weighted by atomic mass is 16.3. The Morgan fingerprint density at radius 1 is 0.250 bits per heavy atom. The van der Waals surface area contributed by atoms with Gasteiger partial charge < -0.3 is 9.32 Å². The number of benzene rings is 11. The van der Waals surface area contributed by atoms with E-state index in [1.165, 1.54) is 54.9 Å². The molecule has 0 unspecified atom stereocenters. The van der Waals surface area contributed by atoms with Crippen molar-refractivity contribution in [3.8, 4) is 55.6 Å². The van der Waals surface area contributed by atoms with Crippen molar-refractivity contribution >= 4 is 60.5 Å². The van der Waals surface area contributed by atoms with Gasteiger partial charge in [-0.1, -0.05) is 200 Å². The topological polar surface area (TPSA) is 16.4 Å². The van der Waals surface area contributed by atoms with Gasteiger partial charge in [-0.2, -0.15) is 0 Å². The van der Waals surface area contributed by atoms with Crippen LogP contribution in [0.15, 0.2) is 253 Å². The van der Waals surface area contributed by atoms with Gasteiger partial charge in [0.2, 0.25) is 0 Å². The number of anilines is 3. The van der Waals surface area contributed by atoms with Crippen molar-refractivity contribution in [1.82, 2.24) is 0 Å². The number of para-hydroxylation sites is 2. The number of fused-ring (bicyclic) bond motifs is 5. The SMILES string of the molecule is c1cc(-c2ccc(-c3ccccc3-c3ccc4ccccc4c3)cc2)cc(N(c2ccc(-c3cccc4ccccc34)cc2)c2ccc(-c3cccc4c3oc3ccccc34)cc2)c1. The van der Waals surface area contributed by atoms with Crippen molar-refractivity contribution in [2.24, 2.45) is 0 Å². The molecule has 0 atom stereocenters. The van der Waals surface area contributed by atoms with Crippen LogP contribution in [0.4, 0.5) is 17.1 Å². The van der Waals surface area contributed by atoms with Crippen molar-refractivity contribution < 1.29 is 4.42 Å². The van der Waals surface area contributed by atoms with Crippen LogP contribution in [0.5, 0.6) is 0 Å². The van der Waals surface area contributed by atoms with Gasteiger partial charge in [0.1, 0.15) is 11.2 Å². The Bertz CT molecular complexity index is 3650. The molecule has 0 saturated heterocycles. The van der Waals surface area contributed by atoms with E-state index >= 15 is 0 Å². The molecule has 64 heavy (non-hydrogen) atoms. The quantitative estimate of drug-likeness (QED) is 0.152. The summed E-state index contributed by atoms with van der Waals surface area (Å²) < 4.78 is 6.45. The van der Waals surface area contributed by atoms with Crippen LogP contribution in [-0.4, -0.2) is 0 Å². The molecular formula is C62H41NO. The van der Waals surface area contributed by atoms with E-state index < -0.39 is 0 Å². The molecule has 0 aliphatic rings. The van der Waals surface area contributed by atoms with Gasteiger partial charge >= 0.3 is 0 Å². The summed E-state index contributed by atoms with van der Waals surface area (Å²) in [6.07, 6.45) is 0. The maximum absolute atomic E-state index is 6.45. The van der Waals surface area contributed by atoms with Gasteiger partial charge in [0, 0.05) is 33.4 Å². The van der Waals surface area contributed by atoms with Crippen LogP contribution >= 0.6 is 0 Å². The Morgan fingerprint density at radius 3 is 1.53 bits per heavy atom. The molecule has 300 valence electrons. The summed E-state index contributed by atoms with van der Waals surface area (Å²) in [6.45, 7) is 0. The molecule has 1 heterocycles. The zero-order chi connectivity index (χ0) is 42.4.